The van der Waals surface area contributed by atoms with Crippen LogP contribution in [0.5, 0.6) is 11.5 Å². The number of non-ortho nitro benzene ring substituents is 1. The number of nitro groups is 1. The normalized spacial score (nSPS) is 18.6. The monoisotopic (exact) mass is 724 g/mol. The van der Waals surface area contributed by atoms with Crippen molar-refractivity contribution in [1.82, 2.24) is 14.4 Å². The molecule has 276 valence electrons. The molecular formula is C37H39F3N4O8. The molecule has 2 atom stereocenters. The van der Waals surface area contributed by atoms with Crippen LogP contribution in [0.3, 0.4) is 0 Å². The van der Waals surface area contributed by atoms with Crippen LogP contribution in [0.2, 0.25) is 0 Å². The van der Waals surface area contributed by atoms with Gasteiger partial charge in [-0.1, -0.05) is 30.3 Å². The second-order valence-corrected chi connectivity index (χ2v) is 13.3. The van der Waals surface area contributed by atoms with E-state index in [9.17, 15) is 43.1 Å². The molecule has 12 nitrogen and oxygen atoms in total. The molecule has 6 rings (SSSR count). The van der Waals surface area contributed by atoms with Gasteiger partial charge in [-0.25, -0.2) is 4.79 Å². The van der Waals surface area contributed by atoms with Crippen LogP contribution in [0, 0.1) is 10.1 Å². The fourth-order valence-electron chi connectivity index (χ4n) is 7.15. The van der Waals surface area contributed by atoms with Gasteiger partial charge in [-0.15, -0.1) is 0 Å². The highest BCUT2D eigenvalue weighted by Gasteiger charge is 2.57. The van der Waals surface area contributed by atoms with Gasteiger partial charge in [0.25, 0.3) is 11.6 Å². The van der Waals surface area contributed by atoms with Crippen LogP contribution in [-0.2, 0) is 16.9 Å². The van der Waals surface area contributed by atoms with E-state index in [1.54, 1.807) is 36.4 Å². The van der Waals surface area contributed by atoms with E-state index in [-0.39, 0.29) is 47.5 Å². The molecule has 4 aromatic rings. The van der Waals surface area contributed by atoms with Crippen LogP contribution in [0.1, 0.15) is 53.6 Å². The fourth-order valence-corrected chi connectivity index (χ4v) is 7.15. The summed E-state index contributed by atoms with van der Waals surface area (Å²) in [6.45, 7) is 0.0351. The van der Waals surface area contributed by atoms with Gasteiger partial charge in [0.2, 0.25) is 5.60 Å². The van der Waals surface area contributed by atoms with E-state index in [0.29, 0.717) is 38.0 Å². The molecule has 2 aliphatic heterocycles. The number of benzene rings is 3. The number of nitrogens with zero attached hydrogens (tertiary/aromatic N) is 4. The minimum atomic E-state index is -5.08. The predicted molar refractivity (Wildman–Crippen MR) is 183 cm³/mol. The Balaban J connectivity index is 1.18. The van der Waals surface area contributed by atoms with Crippen molar-refractivity contribution < 1.29 is 47.4 Å². The number of halogens is 3. The number of alkyl halides is 3. The SMILES string of the molecule is COc1cc(C(=O)N2CCCCC2C(=O)O)ccc1OC1CCN(CC(O)(c2cn(Cc3ccccc3)c3cc([N+](=O)[O-])ccc23)C(F)(F)F)CC1. The summed E-state index contributed by atoms with van der Waals surface area (Å²) in [5.41, 5.74) is -2.76. The molecule has 1 aromatic heterocycles. The number of fused-ring (bicyclic) bond motifs is 1. The topological polar surface area (TPSA) is 148 Å². The molecule has 2 aliphatic rings. The third kappa shape index (κ3) is 7.41. The van der Waals surface area contributed by atoms with Crippen molar-refractivity contribution in [2.24, 2.45) is 0 Å². The van der Waals surface area contributed by atoms with Gasteiger partial charge in [-0.2, -0.15) is 13.2 Å². The third-order valence-corrected chi connectivity index (χ3v) is 9.93. The summed E-state index contributed by atoms with van der Waals surface area (Å²) >= 11 is 0. The van der Waals surface area contributed by atoms with Gasteiger partial charge < -0.3 is 29.2 Å². The molecule has 0 radical (unpaired) electrons. The van der Waals surface area contributed by atoms with Crippen molar-refractivity contribution in [2.75, 3.05) is 33.3 Å². The number of aliphatic hydroxyl groups is 1. The molecule has 2 fully saturated rings. The number of methoxy groups -OCH3 is 1. The van der Waals surface area contributed by atoms with Gasteiger partial charge >= 0.3 is 12.1 Å². The van der Waals surface area contributed by atoms with E-state index in [0.717, 1.165) is 18.1 Å². The number of rotatable bonds is 11. The zero-order valence-corrected chi connectivity index (χ0v) is 28.4. The highest BCUT2D eigenvalue weighted by molar-refractivity contribution is 5.97. The maximum absolute atomic E-state index is 14.9. The zero-order chi connectivity index (χ0) is 37.2. The van der Waals surface area contributed by atoms with Crippen molar-refractivity contribution in [1.29, 1.82) is 0 Å². The number of aliphatic carboxylic acids is 1. The van der Waals surface area contributed by atoms with E-state index in [1.165, 1.54) is 51.9 Å². The summed E-state index contributed by atoms with van der Waals surface area (Å²) in [5.74, 6) is -0.890. The lowest BCUT2D eigenvalue weighted by Crippen LogP contribution is -2.53. The molecule has 0 spiro atoms. The highest BCUT2D eigenvalue weighted by atomic mass is 19.4. The summed E-state index contributed by atoms with van der Waals surface area (Å²) in [6, 6.07) is 16.2. The van der Waals surface area contributed by atoms with E-state index in [4.69, 9.17) is 9.47 Å². The summed E-state index contributed by atoms with van der Waals surface area (Å²) in [7, 11) is 1.41. The maximum atomic E-state index is 14.9. The average Bonchev–Trinajstić information content (AvgIpc) is 3.50. The Bertz CT molecular complexity index is 1940. The molecule has 0 aliphatic carbocycles. The second-order valence-electron chi connectivity index (χ2n) is 13.3. The Morgan fingerprint density at radius 2 is 1.69 bits per heavy atom. The van der Waals surface area contributed by atoms with E-state index >= 15 is 0 Å². The highest BCUT2D eigenvalue weighted by Crippen LogP contribution is 2.44. The number of hydrogen-bond donors (Lipinski definition) is 2. The Morgan fingerprint density at radius 1 is 0.962 bits per heavy atom. The Labute approximate surface area is 297 Å². The van der Waals surface area contributed by atoms with Crippen LogP contribution in [-0.4, -0.2) is 93.0 Å². The number of likely N-dealkylation sites (tertiary alicyclic amines) is 2. The minimum absolute atomic E-state index is 0.0624. The first-order valence-electron chi connectivity index (χ1n) is 17.0. The third-order valence-electron chi connectivity index (χ3n) is 9.93. The van der Waals surface area contributed by atoms with Crippen molar-refractivity contribution in [3.05, 3.63) is 99.7 Å². The summed E-state index contributed by atoms with van der Waals surface area (Å²) < 4.78 is 58.0. The summed E-state index contributed by atoms with van der Waals surface area (Å²) in [6.07, 6.45) is -1.80. The molecule has 3 aromatic carbocycles. The molecule has 52 heavy (non-hydrogen) atoms. The van der Waals surface area contributed by atoms with Crippen molar-refractivity contribution >= 4 is 28.5 Å². The molecular weight excluding hydrogens is 685 g/mol. The summed E-state index contributed by atoms with van der Waals surface area (Å²) in [4.78, 5) is 38.8. The van der Waals surface area contributed by atoms with Gasteiger partial charge in [0.15, 0.2) is 11.5 Å². The van der Waals surface area contributed by atoms with Gasteiger partial charge in [-0.05, 0) is 61.9 Å². The minimum Gasteiger partial charge on any atom is -0.493 e. The number of carboxylic acid groups (broad SMARTS) is 1. The quantitative estimate of drug-likeness (QED) is 0.141. The number of amides is 1. The lowest BCUT2D eigenvalue weighted by atomic mass is 9.91. The molecule has 2 unspecified atom stereocenters. The number of aromatic nitrogens is 1. The first kappa shape index (κ1) is 36.6. The van der Waals surface area contributed by atoms with Crippen LogP contribution in [0.15, 0.2) is 72.9 Å². The lowest BCUT2D eigenvalue weighted by Gasteiger charge is -2.39. The second kappa shape index (κ2) is 14.8. The molecule has 15 heteroatoms. The lowest BCUT2D eigenvalue weighted by molar-refractivity contribution is -0.384. The van der Waals surface area contributed by atoms with Crippen LogP contribution < -0.4 is 9.47 Å². The molecule has 1 amide bonds. The average molecular weight is 725 g/mol. The van der Waals surface area contributed by atoms with Gasteiger partial charge in [0.05, 0.1) is 17.5 Å². The van der Waals surface area contributed by atoms with Crippen molar-refractivity contribution in [2.45, 2.75) is 62.6 Å². The van der Waals surface area contributed by atoms with E-state index in [2.05, 4.69) is 0 Å². The number of hydrogen-bond acceptors (Lipinski definition) is 8. The van der Waals surface area contributed by atoms with E-state index in [1.807, 2.05) is 0 Å². The molecule has 0 bridgehead atoms. The maximum Gasteiger partial charge on any atom is 0.422 e. The Kier molecular flexibility index (Phi) is 10.5. The number of ether oxygens (including phenoxy) is 2. The number of carboxylic acids is 1. The molecule has 2 saturated heterocycles. The molecule has 2 N–H and O–H groups in total. The van der Waals surface area contributed by atoms with Crippen LogP contribution in [0.4, 0.5) is 18.9 Å². The largest absolute Gasteiger partial charge is 0.493 e. The number of carbonyl (C=O) groups is 2. The number of nitro benzene ring substituents is 1. The van der Waals surface area contributed by atoms with Gasteiger partial charge in [-0.3, -0.25) is 19.8 Å². The zero-order valence-electron chi connectivity index (χ0n) is 28.4. The van der Waals surface area contributed by atoms with Crippen LogP contribution >= 0.6 is 0 Å². The number of β-amino-alcohol motifs (C(OH)–C–C–N with tert-alkyl or cyclic N) is 1. The first-order valence-corrected chi connectivity index (χ1v) is 17.0. The van der Waals surface area contributed by atoms with Gasteiger partial charge in [0, 0.05) is 67.6 Å². The van der Waals surface area contributed by atoms with Crippen molar-refractivity contribution in [3.8, 4) is 11.5 Å². The van der Waals surface area contributed by atoms with E-state index < -0.39 is 52.8 Å². The van der Waals surface area contributed by atoms with Crippen molar-refractivity contribution in [3.63, 3.8) is 0 Å². The summed E-state index contributed by atoms with van der Waals surface area (Å²) in [5, 5.41) is 32.8. The van der Waals surface area contributed by atoms with Gasteiger partial charge in [0.1, 0.15) is 12.1 Å². The standard InChI is InChI=1S/C37H39F3N4O8/c1-51-33-19-25(34(45)43-16-6-5-9-30(43)35(46)47)10-13-32(33)52-27-14-17-41(18-15-27)23-36(48,37(38,39)40)29-22-42(21-24-7-3-2-4-8-24)31-20-26(44(49)50)11-12-28(29)31/h2-4,7-8,10-13,19-20,22,27,30,48H,5-6,9,14-18,21,23H2,1H3,(H,46,47). The smallest absolute Gasteiger partial charge is 0.422 e. The number of piperidine rings is 2. The number of carbonyl (C=O) groups excluding carboxylic acids is 1. The Morgan fingerprint density at radius 3 is 2.35 bits per heavy atom. The first-order chi connectivity index (χ1) is 24.8. The predicted octanol–water partition coefficient (Wildman–Crippen LogP) is 5.98. The Hall–Kier alpha value is -5.15. The van der Waals surface area contributed by atoms with Crippen LogP contribution in [0.25, 0.3) is 10.9 Å². The molecule has 3 heterocycles. The molecule has 0 saturated carbocycles. The fraction of sp³-hybridized carbons (Fsp3) is 0.405.